The summed E-state index contributed by atoms with van der Waals surface area (Å²) in [4.78, 5) is 17.0. The predicted octanol–water partition coefficient (Wildman–Crippen LogP) is 6.19. The third-order valence-electron chi connectivity index (χ3n) is 4.23. The van der Waals surface area contributed by atoms with Gasteiger partial charge in [0.2, 0.25) is 5.89 Å². The second-order valence-corrected chi connectivity index (χ2v) is 6.54. The number of rotatable bonds is 4. The van der Waals surface area contributed by atoms with Crippen molar-refractivity contribution >= 4 is 23.2 Å². The molecule has 4 nitrogen and oxygen atoms in total. The van der Waals surface area contributed by atoms with Gasteiger partial charge in [0.1, 0.15) is 11.6 Å². The standard InChI is InChI=1S/C22H13ClF2N2O2/c23-17-11-13(24)9-10-19(17)27-21(28)14-5-1-2-6-15(14)22-26-12-20(29-22)16-7-3-4-8-18(16)25/h1-12H,(H,27,28). The van der Waals surface area contributed by atoms with Crippen molar-refractivity contribution in [2.75, 3.05) is 5.32 Å². The fourth-order valence-corrected chi connectivity index (χ4v) is 3.05. The average molecular weight is 411 g/mol. The Kier molecular flexibility index (Phi) is 5.10. The van der Waals surface area contributed by atoms with Crippen molar-refractivity contribution < 1.29 is 18.0 Å². The first-order valence-electron chi connectivity index (χ1n) is 8.59. The number of carbonyl (C=O) groups is 1. The van der Waals surface area contributed by atoms with Gasteiger partial charge in [-0.25, -0.2) is 13.8 Å². The summed E-state index contributed by atoms with van der Waals surface area (Å²) in [7, 11) is 0. The number of nitrogens with zero attached hydrogens (tertiary/aromatic N) is 1. The Morgan fingerprint density at radius 1 is 0.966 bits per heavy atom. The highest BCUT2D eigenvalue weighted by Gasteiger charge is 2.18. The molecule has 4 aromatic rings. The van der Waals surface area contributed by atoms with Gasteiger partial charge in [-0.05, 0) is 42.5 Å². The molecule has 29 heavy (non-hydrogen) atoms. The number of hydrogen-bond donors (Lipinski definition) is 1. The van der Waals surface area contributed by atoms with E-state index in [0.717, 1.165) is 6.07 Å². The molecule has 1 aromatic heterocycles. The van der Waals surface area contributed by atoms with E-state index in [1.54, 1.807) is 42.5 Å². The van der Waals surface area contributed by atoms with Crippen LogP contribution in [0.25, 0.3) is 22.8 Å². The maximum Gasteiger partial charge on any atom is 0.256 e. The van der Waals surface area contributed by atoms with Crippen molar-refractivity contribution in [2.45, 2.75) is 0 Å². The molecule has 0 bridgehead atoms. The second kappa shape index (κ2) is 7.85. The first-order valence-corrected chi connectivity index (χ1v) is 8.97. The van der Waals surface area contributed by atoms with Gasteiger partial charge in [-0.15, -0.1) is 0 Å². The molecule has 0 spiro atoms. The predicted molar refractivity (Wildman–Crippen MR) is 107 cm³/mol. The maximum atomic E-state index is 14.0. The van der Waals surface area contributed by atoms with Crippen LogP contribution in [0.4, 0.5) is 14.5 Å². The Bertz CT molecular complexity index is 1210. The van der Waals surface area contributed by atoms with Crippen LogP contribution in [0.2, 0.25) is 5.02 Å². The number of carbonyl (C=O) groups excluding carboxylic acids is 1. The summed E-state index contributed by atoms with van der Waals surface area (Å²) in [6.45, 7) is 0. The summed E-state index contributed by atoms with van der Waals surface area (Å²) in [5.74, 6) is -1.00. The molecular formula is C22H13ClF2N2O2. The molecule has 0 unspecified atom stereocenters. The van der Waals surface area contributed by atoms with Crippen molar-refractivity contribution in [3.05, 3.63) is 95.1 Å². The lowest BCUT2D eigenvalue weighted by molar-refractivity contribution is 0.102. The van der Waals surface area contributed by atoms with Gasteiger partial charge in [-0.1, -0.05) is 35.9 Å². The molecular weight excluding hydrogens is 398 g/mol. The summed E-state index contributed by atoms with van der Waals surface area (Å²) in [6, 6.07) is 16.5. The van der Waals surface area contributed by atoms with Crippen LogP contribution in [0.5, 0.6) is 0 Å². The van der Waals surface area contributed by atoms with Crippen LogP contribution in [0, 0.1) is 11.6 Å². The minimum Gasteiger partial charge on any atom is -0.436 e. The molecule has 0 radical (unpaired) electrons. The van der Waals surface area contributed by atoms with Crippen LogP contribution >= 0.6 is 11.6 Å². The van der Waals surface area contributed by atoms with E-state index in [9.17, 15) is 13.6 Å². The number of oxazole rings is 1. The van der Waals surface area contributed by atoms with Crippen molar-refractivity contribution in [3.63, 3.8) is 0 Å². The van der Waals surface area contributed by atoms with Crippen LogP contribution in [0.15, 0.2) is 77.3 Å². The quantitative estimate of drug-likeness (QED) is 0.436. The summed E-state index contributed by atoms with van der Waals surface area (Å²) < 4.78 is 32.9. The SMILES string of the molecule is O=C(Nc1ccc(F)cc1Cl)c1ccccc1-c1ncc(-c2ccccc2F)o1. The molecule has 0 saturated heterocycles. The van der Waals surface area contributed by atoms with Crippen LogP contribution in [0.1, 0.15) is 10.4 Å². The first-order chi connectivity index (χ1) is 14.0. The Balaban J connectivity index is 1.67. The largest absolute Gasteiger partial charge is 0.436 e. The lowest BCUT2D eigenvalue weighted by Crippen LogP contribution is -2.13. The fraction of sp³-hybridized carbons (Fsp3) is 0. The third-order valence-corrected chi connectivity index (χ3v) is 4.54. The molecule has 4 rings (SSSR count). The molecule has 1 heterocycles. The molecule has 7 heteroatoms. The van der Waals surface area contributed by atoms with E-state index in [2.05, 4.69) is 10.3 Å². The summed E-state index contributed by atoms with van der Waals surface area (Å²) in [6.07, 6.45) is 1.40. The number of benzene rings is 3. The minimum atomic E-state index is -0.506. The molecule has 0 aliphatic heterocycles. The van der Waals surface area contributed by atoms with E-state index < -0.39 is 17.5 Å². The Hall–Kier alpha value is -3.51. The number of halogens is 3. The summed E-state index contributed by atoms with van der Waals surface area (Å²) >= 11 is 5.98. The van der Waals surface area contributed by atoms with Crippen molar-refractivity contribution in [1.29, 1.82) is 0 Å². The monoisotopic (exact) mass is 410 g/mol. The molecule has 1 N–H and O–H groups in total. The molecule has 0 saturated carbocycles. The molecule has 3 aromatic carbocycles. The van der Waals surface area contributed by atoms with E-state index in [0.29, 0.717) is 5.56 Å². The summed E-state index contributed by atoms with van der Waals surface area (Å²) in [5.41, 5.74) is 1.24. The number of anilines is 1. The van der Waals surface area contributed by atoms with E-state index in [-0.39, 0.29) is 33.5 Å². The molecule has 0 atom stereocenters. The third kappa shape index (κ3) is 3.88. The molecule has 0 aliphatic carbocycles. The average Bonchev–Trinajstić information content (AvgIpc) is 3.20. The van der Waals surface area contributed by atoms with Gasteiger partial charge in [-0.3, -0.25) is 4.79 Å². The van der Waals surface area contributed by atoms with Crippen molar-refractivity contribution in [2.24, 2.45) is 0 Å². The number of amides is 1. The molecule has 144 valence electrons. The van der Waals surface area contributed by atoms with Crippen molar-refractivity contribution in [3.8, 4) is 22.8 Å². The van der Waals surface area contributed by atoms with Crippen LogP contribution in [-0.2, 0) is 0 Å². The Labute approximate surface area is 169 Å². The van der Waals surface area contributed by atoms with Crippen LogP contribution in [-0.4, -0.2) is 10.9 Å². The van der Waals surface area contributed by atoms with Gasteiger partial charge in [0.25, 0.3) is 5.91 Å². The van der Waals surface area contributed by atoms with E-state index >= 15 is 0 Å². The first kappa shape index (κ1) is 18.8. The highest BCUT2D eigenvalue weighted by molar-refractivity contribution is 6.34. The molecule has 1 amide bonds. The zero-order valence-electron chi connectivity index (χ0n) is 14.8. The highest BCUT2D eigenvalue weighted by atomic mass is 35.5. The van der Waals surface area contributed by atoms with Gasteiger partial charge < -0.3 is 9.73 Å². The smallest absolute Gasteiger partial charge is 0.256 e. The normalized spacial score (nSPS) is 10.7. The minimum absolute atomic E-state index is 0.0776. The lowest BCUT2D eigenvalue weighted by atomic mass is 10.1. The van der Waals surface area contributed by atoms with E-state index in [4.69, 9.17) is 16.0 Å². The highest BCUT2D eigenvalue weighted by Crippen LogP contribution is 2.30. The fourth-order valence-electron chi connectivity index (χ4n) is 2.83. The number of aromatic nitrogens is 1. The topological polar surface area (TPSA) is 55.1 Å². The zero-order valence-corrected chi connectivity index (χ0v) is 15.6. The van der Waals surface area contributed by atoms with Gasteiger partial charge in [0.05, 0.1) is 28.0 Å². The van der Waals surface area contributed by atoms with Gasteiger partial charge in [0.15, 0.2) is 5.76 Å². The second-order valence-electron chi connectivity index (χ2n) is 6.13. The summed E-state index contributed by atoms with van der Waals surface area (Å²) in [5, 5.41) is 2.72. The van der Waals surface area contributed by atoms with E-state index in [1.165, 1.54) is 24.4 Å². The Morgan fingerprint density at radius 2 is 1.69 bits per heavy atom. The number of nitrogens with one attached hydrogen (secondary N) is 1. The van der Waals surface area contributed by atoms with E-state index in [1.807, 2.05) is 0 Å². The van der Waals surface area contributed by atoms with Crippen LogP contribution in [0.3, 0.4) is 0 Å². The Morgan fingerprint density at radius 3 is 2.45 bits per heavy atom. The van der Waals surface area contributed by atoms with Gasteiger partial charge in [-0.2, -0.15) is 0 Å². The lowest BCUT2D eigenvalue weighted by Gasteiger charge is -2.09. The zero-order chi connectivity index (χ0) is 20.4. The molecule has 0 fully saturated rings. The van der Waals surface area contributed by atoms with Gasteiger partial charge in [0, 0.05) is 5.56 Å². The van der Waals surface area contributed by atoms with Gasteiger partial charge >= 0.3 is 0 Å². The maximum absolute atomic E-state index is 14.0. The number of hydrogen-bond acceptors (Lipinski definition) is 3. The van der Waals surface area contributed by atoms with Crippen molar-refractivity contribution in [1.82, 2.24) is 4.98 Å². The van der Waals surface area contributed by atoms with Crippen LogP contribution < -0.4 is 5.32 Å². The molecule has 0 aliphatic rings.